The number of ether oxygens (including phenoxy) is 1. The van der Waals surface area contributed by atoms with Crippen molar-refractivity contribution in [2.75, 3.05) is 7.11 Å². The Bertz CT molecular complexity index is 445. The van der Waals surface area contributed by atoms with E-state index in [1.807, 2.05) is 6.07 Å². The topological polar surface area (TPSA) is 37.9 Å². The van der Waals surface area contributed by atoms with Gasteiger partial charge in [0.2, 0.25) is 0 Å². The number of hydrogen-bond donors (Lipinski definition) is 1. The Morgan fingerprint density at radius 1 is 1.40 bits per heavy atom. The van der Waals surface area contributed by atoms with Crippen molar-refractivity contribution in [1.82, 2.24) is 10.2 Å². The molecule has 78 valence electrons. The fourth-order valence-electron chi connectivity index (χ4n) is 1.18. The summed E-state index contributed by atoms with van der Waals surface area (Å²) in [6.07, 6.45) is 1.72. The third-order valence-corrected chi connectivity index (χ3v) is 2.80. The smallest absolute Gasteiger partial charge is 0.168 e. The number of benzene rings is 1. The summed E-state index contributed by atoms with van der Waals surface area (Å²) in [7, 11) is 1.45. The number of aromatic amines is 1. The summed E-state index contributed by atoms with van der Waals surface area (Å²) in [4.78, 5) is 0.713. The van der Waals surface area contributed by atoms with Gasteiger partial charge >= 0.3 is 0 Å². The predicted molar refractivity (Wildman–Crippen MR) is 55.7 cm³/mol. The van der Waals surface area contributed by atoms with E-state index in [2.05, 4.69) is 10.2 Å². The van der Waals surface area contributed by atoms with Gasteiger partial charge in [-0.05, 0) is 18.2 Å². The second-order valence-corrected chi connectivity index (χ2v) is 3.85. The first-order valence-corrected chi connectivity index (χ1v) is 5.13. The Morgan fingerprint density at radius 2 is 2.27 bits per heavy atom. The highest BCUT2D eigenvalue weighted by atomic mass is 32.2. The predicted octanol–water partition coefficient (Wildman–Crippen LogP) is 2.71. The van der Waals surface area contributed by atoms with Gasteiger partial charge in [-0.1, -0.05) is 17.8 Å². The van der Waals surface area contributed by atoms with E-state index in [-0.39, 0.29) is 11.6 Å². The molecule has 1 N–H and O–H groups in total. The van der Waals surface area contributed by atoms with Crippen molar-refractivity contribution < 1.29 is 9.13 Å². The molecule has 0 aliphatic carbocycles. The maximum atomic E-state index is 13.3. The van der Waals surface area contributed by atoms with Crippen molar-refractivity contribution in [3.05, 3.63) is 36.3 Å². The molecule has 1 aromatic carbocycles. The molecule has 1 aromatic heterocycles. The Labute approximate surface area is 90.7 Å². The molecule has 2 aromatic rings. The third kappa shape index (κ3) is 2.12. The summed E-state index contributed by atoms with van der Waals surface area (Å²) in [6.45, 7) is 0. The van der Waals surface area contributed by atoms with E-state index in [1.54, 1.807) is 18.3 Å². The molecule has 0 aliphatic heterocycles. The Hall–Kier alpha value is -1.49. The van der Waals surface area contributed by atoms with Crippen LogP contribution in [-0.2, 0) is 0 Å². The molecule has 0 aliphatic rings. The van der Waals surface area contributed by atoms with Crippen molar-refractivity contribution in [3.8, 4) is 5.75 Å². The zero-order valence-electron chi connectivity index (χ0n) is 8.03. The van der Waals surface area contributed by atoms with Crippen LogP contribution in [-0.4, -0.2) is 17.3 Å². The lowest BCUT2D eigenvalue weighted by molar-refractivity contribution is 0.376. The fourth-order valence-corrected chi connectivity index (χ4v) is 2.06. The van der Waals surface area contributed by atoms with E-state index >= 15 is 0 Å². The zero-order valence-corrected chi connectivity index (χ0v) is 8.84. The molecule has 0 spiro atoms. The number of nitrogens with zero attached hydrogens (tertiary/aromatic N) is 1. The lowest BCUT2D eigenvalue weighted by Gasteiger charge is -2.06. The minimum atomic E-state index is -0.363. The summed E-state index contributed by atoms with van der Waals surface area (Å²) in [5.74, 6) is -0.108. The molecule has 0 unspecified atom stereocenters. The summed E-state index contributed by atoms with van der Waals surface area (Å²) in [6, 6.07) is 6.62. The first-order chi connectivity index (χ1) is 7.31. The molecule has 1 heterocycles. The number of methoxy groups -OCH3 is 1. The standard InChI is InChI=1S/C10H9FN2OS/c1-14-10-7(11)3-2-4-8(10)15-9-5-6-12-13-9/h2-6H,1H3,(H,12,13). The average molecular weight is 224 g/mol. The highest BCUT2D eigenvalue weighted by Crippen LogP contribution is 2.35. The third-order valence-electron chi connectivity index (χ3n) is 1.82. The van der Waals surface area contributed by atoms with E-state index < -0.39 is 0 Å². The number of rotatable bonds is 3. The monoisotopic (exact) mass is 224 g/mol. The molecule has 0 fully saturated rings. The van der Waals surface area contributed by atoms with Gasteiger partial charge in [0.1, 0.15) is 5.03 Å². The van der Waals surface area contributed by atoms with Gasteiger partial charge in [-0.25, -0.2) is 4.39 Å². The Balaban J connectivity index is 2.32. The van der Waals surface area contributed by atoms with Crippen molar-refractivity contribution in [3.63, 3.8) is 0 Å². The summed E-state index contributed by atoms with van der Waals surface area (Å²) in [5, 5.41) is 7.45. The van der Waals surface area contributed by atoms with Crippen LogP contribution >= 0.6 is 11.8 Å². The molecular weight excluding hydrogens is 215 g/mol. The average Bonchev–Trinajstić information content (AvgIpc) is 2.71. The minimum absolute atomic E-state index is 0.255. The van der Waals surface area contributed by atoms with Crippen LogP contribution in [0, 0.1) is 5.82 Å². The second-order valence-electron chi connectivity index (χ2n) is 2.79. The van der Waals surface area contributed by atoms with Gasteiger partial charge in [-0.2, -0.15) is 5.10 Å². The van der Waals surface area contributed by atoms with Gasteiger partial charge in [0.05, 0.1) is 12.0 Å². The maximum Gasteiger partial charge on any atom is 0.168 e. The van der Waals surface area contributed by atoms with E-state index in [4.69, 9.17) is 4.74 Å². The highest BCUT2D eigenvalue weighted by Gasteiger charge is 2.10. The lowest BCUT2D eigenvalue weighted by atomic mass is 10.3. The Morgan fingerprint density at radius 3 is 2.93 bits per heavy atom. The molecule has 3 nitrogen and oxygen atoms in total. The van der Waals surface area contributed by atoms with E-state index in [9.17, 15) is 4.39 Å². The van der Waals surface area contributed by atoms with Crippen LogP contribution in [0.5, 0.6) is 5.75 Å². The summed E-state index contributed by atoms with van der Waals surface area (Å²) < 4.78 is 18.3. The summed E-state index contributed by atoms with van der Waals surface area (Å²) >= 11 is 1.35. The molecule has 0 saturated heterocycles. The highest BCUT2D eigenvalue weighted by molar-refractivity contribution is 7.99. The summed E-state index contributed by atoms with van der Waals surface area (Å²) in [5.41, 5.74) is 0. The normalized spacial score (nSPS) is 10.3. The molecule has 0 radical (unpaired) electrons. The van der Waals surface area contributed by atoms with E-state index in [0.717, 1.165) is 5.03 Å². The first kappa shape index (κ1) is 10.0. The van der Waals surface area contributed by atoms with Crippen molar-refractivity contribution in [2.24, 2.45) is 0 Å². The van der Waals surface area contributed by atoms with Gasteiger partial charge in [0.15, 0.2) is 11.6 Å². The number of halogens is 1. The number of para-hydroxylation sites is 1. The van der Waals surface area contributed by atoms with Crippen LogP contribution in [0.25, 0.3) is 0 Å². The minimum Gasteiger partial charge on any atom is -0.492 e. The van der Waals surface area contributed by atoms with Crippen LogP contribution in [0.4, 0.5) is 4.39 Å². The molecule has 0 amide bonds. The van der Waals surface area contributed by atoms with Crippen LogP contribution in [0.15, 0.2) is 40.4 Å². The quantitative estimate of drug-likeness (QED) is 0.871. The molecule has 0 atom stereocenters. The van der Waals surface area contributed by atoms with Gasteiger partial charge in [-0.15, -0.1) is 0 Å². The molecule has 0 saturated carbocycles. The number of hydrogen-bond acceptors (Lipinski definition) is 3. The molecule has 0 bridgehead atoms. The Kier molecular flexibility index (Phi) is 2.91. The van der Waals surface area contributed by atoms with Crippen LogP contribution < -0.4 is 4.74 Å². The van der Waals surface area contributed by atoms with Crippen molar-refractivity contribution in [2.45, 2.75) is 9.92 Å². The van der Waals surface area contributed by atoms with Gasteiger partial charge in [0, 0.05) is 6.20 Å². The lowest BCUT2D eigenvalue weighted by Crippen LogP contribution is -1.90. The molecule has 5 heteroatoms. The van der Waals surface area contributed by atoms with Gasteiger partial charge < -0.3 is 4.74 Å². The first-order valence-electron chi connectivity index (χ1n) is 4.31. The van der Waals surface area contributed by atoms with Crippen LogP contribution in [0.2, 0.25) is 0 Å². The number of H-pyrrole nitrogens is 1. The van der Waals surface area contributed by atoms with Gasteiger partial charge in [-0.3, -0.25) is 5.10 Å². The second kappa shape index (κ2) is 4.35. The van der Waals surface area contributed by atoms with Crippen LogP contribution in [0.1, 0.15) is 0 Å². The number of aromatic nitrogens is 2. The fraction of sp³-hybridized carbons (Fsp3) is 0.100. The van der Waals surface area contributed by atoms with Crippen LogP contribution in [0.3, 0.4) is 0 Å². The van der Waals surface area contributed by atoms with Crippen molar-refractivity contribution in [1.29, 1.82) is 0 Å². The molecular formula is C10H9FN2OS. The molecule has 15 heavy (non-hydrogen) atoms. The van der Waals surface area contributed by atoms with Gasteiger partial charge in [0.25, 0.3) is 0 Å². The van der Waals surface area contributed by atoms with Crippen molar-refractivity contribution >= 4 is 11.8 Å². The largest absolute Gasteiger partial charge is 0.492 e. The SMILES string of the molecule is COc1c(F)cccc1Sc1cc[nH]n1. The zero-order chi connectivity index (χ0) is 10.7. The van der Waals surface area contributed by atoms with E-state index in [0.29, 0.717) is 4.90 Å². The maximum absolute atomic E-state index is 13.3. The number of nitrogens with one attached hydrogen (secondary N) is 1. The molecule has 2 rings (SSSR count). The van der Waals surface area contributed by atoms with E-state index in [1.165, 1.54) is 24.9 Å².